The maximum Gasteiger partial charge on any atom is 0.315 e. The molecular formula is C13H17ClN2O4S. The number of urea groups is 1. The highest BCUT2D eigenvalue weighted by Gasteiger charge is 2.24. The van der Waals surface area contributed by atoms with Gasteiger partial charge in [0, 0.05) is 24.8 Å². The van der Waals surface area contributed by atoms with Crippen molar-refractivity contribution in [1.29, 1.82) is 0 Å². The monoisotopic (exact) mass is 332 g/mol. The number of benzene rings is 1. The van der Waals surface area contributed by atoms with Gasteiger partial charge < -0.3 is 15.4 Å². The summed E-state index contributed by atoms with van der Waals surface area (Å²) >= 11 is 6.06. The maximum absolute atomic E-state index is 11.8. The Morgan fingerprint density at radius 2 is 2.24 bits per heavy atom. The van der Waals surface area contributed by atoms with E-state index in [1.54, 1.807) is 12.1 Å². The van der Waals surface area contributed by atoms with Crippen LogP contribution in [0.25, 0.3) is 0 Å². The Labute approximate surface area is 128 Å². The minimum absolute atomic E-state index is 0.0797. The normalized spacial score (nSPS) is 17.5. The van der Waals surface area contributed by atoms with Crippen LogP contribution in [0.4, 0.5) is 4.79 Å². The number of rotatable bonds is 4. The summed E-state index contributed by atoms with van der Waals surface area (Å²) in [4.78, 5) is 11.8. The summed E-state index contributed by atoms with van der Waals surface area (Å²) in [6.45, 7) is 0.543. The number of ether oxygens (including phenoxy) is 1. The molecule has 0 unspecified atom stereocenters. The fourth-order valence-corrected chi connectivity index (χ4v) is 2.80. The van der Waals surface area contributed by atoms with Gasteiger partial charge in [0.15, 0.2) is 0 Å². The van der Waals surface area contributed by atoms with Crippen molar-refractivity contribution < 1.29 is 17.9 Å². The summed E-state index contributed by atoms with van der Waals surface area (Å²) < 4.78 is 27.5. The van der Waals surface area contributed by atoms with Crippen LogP contribution in [-0.2, 0) is 9.84 Å². The molecule has 116 valence electrons. The van der Waals surface area contributed by atoms with Crippen LogP contribution in [0.5, 0.6) is 5.75 Å². The topological polar surface area (TPSA) is 84.5 Å². The summed E-state index contributed by atoms with van der Waals surface area (Å²) in [5.41, 5.74) is 0.826. The summed E-state index contributed by atoms with van der Waals surface area (Å²) in [6.07, 6.45) is 1.76. The fraction of sp³-hybridized carbons (Fsp3) is 0.462. The van der Waals surface area contributed by atoms with Crippen molar-refractivity contribution in [1.82, 2.24) is 10.6 Å². The van der Waals surface area contributed by atoms with Crippen LogP contribution in [0.15, 0.2) is 18.2 Å². The SMILES string of the molecule is CS(=O)(=O)CCNC(=O)N[C@H]1CCOc2c(Cl)cccc21. The van der Waals surface area contributed by atoms with Crippen molar-refractivity contribution in [3.8, 4) is 5.75 Å². The number of hydrogen-bond donors (Lipinski definition) is 2. The Balaban J connectivity index is 1.96. The number of halogens is 1. The van der Waals surface area contributed by atoms with Crippen molar-refractivity contribution in [2.24, 2.45) is 0 Å². The molecule has 21 heavy (non-hydrogen) atoms. The van der Waals surface area contributed by atoms with E-state index in [1.807, 2.05) is 6.07 Å². The Morgan fingerprint density at radius 3 is 2.95 bits per heavy atom. The lowest BCUT2D eigenvalue weighted by Gasteiger charge is -2.27. The molecule has 6 nitrogen and oxygen atoms in total. The summed E-state index contributed by atoms with van der Waals surface area (Å²) in [6, 6.07) is 4.77. The van der Waals surface area contributed by atoms with E-state index in [9.17, 15) is 13.2 Å². The zero-order chi connectivity index (χ0) is 15.5. The van der Waals surface area contributed by atoms with E-state index in [-0.39, 0.29) is 18.3 Å². The molecule has 2 N–H and O–H groups in total. The van der Waals surface area contributed by atoms with E-state index in [1.165, 1.54) is 0 Å². The molecule has 0 saturated heterocycles. The predicted molar refractivity (Wildman–Crippen MR) is 80.6 cm³/mol. The third kappa shape index (κ3) is 4.50. The van der Waals surface area contributed by atoms with Gasteiger partial charge in [-0.3, -0.25) is 0 Å². The maximum atomic E-state index is 11.8. The molecule has 2 amide bonds. The van der Waals surface area contributed by atoms with E-state index in [2.05, 4.69) is 10.6 Å². The minimum atomic E-state index is -3.09. The molecule has 1 aromatic carbocycles. The average Bonchev–Trinajstić information content (AvgIpc) is 2.38. The molecule has 0 radical (unpaired) electrons. The summed E-state index contributed by atoms with van der Waals surface area (Å²) in [5.74, 6) is 0.503. The van der Waals surface area contributed by atoms with Gasteiger partial charge in [-0.25, -0.2) is 13.2 Å². The standard InChI is InChI=1S/C13H17ClN2O4S/c1-21(18,19)8-6-15-13(17)16-11-5-7-20-12-9(11)3-2-4-10(12)14/h2-4,11H,5-8H2,1H3,(H2,15,16,17)/t11-/m0/s1. The zero-order valence-corrected chi connectivity index (χ0v) is 13.1. The van der Waals surface area contributed by atoms with Crippen molar-refractivity contribution >= 4 is 27.5 Å². The first-order chi connectivity index (χ1) is 9.87. The first-order valence-corrected chi connectivity index (χ1v) is 8.94. The van der Waals surface area contributed by atoms with E-state index in [0.717, 1.165) is 11.8 Å². The average molecular weight is 333 g/mol. The van der Waals surface area contributed by atoms with Crippen LogP contribution in [0.2, 0.25) is 5.02 Å². The number of sulfone groups is 1. The molecule has 0 saturated carbocycles. The van der Waals surface area contributed by atoms with Gasteiger partial charge in [-0.2, -0.15) is 0 Å². The van der Waals surface area contributed by atoms with Crippen LogP contribution >= 0.6 is 11.6 Å². The molecule has 0 aliphatic carbocycles. The second-order valence-corrected chi connectivity index (χ2v) is 7.54. The van der Waals surface area contributed by atoms with Gasteiger partial charge in [0.2, 0.25) is 0 Å². The highest BCUT2D eigenvalue weighted by Crippen LogP contribution is 2.37. The Bertz CT molecular complexity index is 633. The van der Waals surface area contributed by atoms with E-state index in [4.69, 9.17) is 16.3 Å². The van der Waals surface area contributed by atoms with Gasteiger partial charge in [-0.1, -0.05) is 23.7 Å². The lowest BCUT2D eigenvalue weighted by atomic mass is 10.0. The number of carbonyl (C=O) groups excluding carboxylic acids is 1. The number of nitrogens with one attached hydrogen (secondary N) is 2. The highest BCUT2D eigenvalue weighted by atomic mass is 35.5. The Morgan fingerprint density at radius 1 is 1.48 bits per heavy atom. The molecule has 1 aliphatic heterocycles. The molecule has 0 fully saturated rings. The fourth-order valence-electron chi connectivity index (χ4n) is 2.10. The quantitative estimate of drug-likeness (QED) is 0.875. The lowest BCUT2D eigenvalue weighted by Crippen LogP contribution is -2.41. The van der Waals surface area contributed by atoms with E-state index in [0.29, 0.717) is 23.8 Å². The molecule has 0 spiro atoms. The molecule has 1 atom stereocenters. The Hall–Kier alpha value is -1.47. The number of carbonyl (C=O) groups is 1. The first kappa shape index (κ1) is 15.9. The first-order valence-electron chi connectivity index (χ1n) is 6.50. The van der Waals surface area contributed by atoms with Crippen molar-refractivity contribution in [2.75, 3.05) is 25.2 Å². The zero-order valence-electron chi connectivity index (χ0n) is 11.6. The van der Waals surface area contributed by atoms with Gasteiger partial charge in [-0.05, 0) is 6.07 Å². The van der Waals surface area contributed by atoms with Crippen LogP contribution in [0.3, 0.4) is 0 Å². The van der Waals surface area contributed by atoms with Gasteiger partial charge in [0.25, 0.3) is 0 Å². The molecule has 8 heteroatoms. The molecule has 0 aromatic heterocycles. The van der Waals surface area contributed by atoms with Crippen molar-refractivity contribution in [3.05, 3.63) is 28.8 Å². The number of fused-ring (bicyclic) bond motifs is 1. The van der Waals surface area contributed by atoms with Gasteiger partial charge in [0.05, 0.1) is 23.4 Å². The molecule has 1 aliphatic rings. The van der Waals surface area contributed by atoms with Crippen molar-refractivity contribution in [2.45, 2.75) is 12.5 Å². The minimum Gasteiger partial charge on any atom is -0.492 e. The third-order valence-corrected chi connectivity index (χ3v) is 4.33. The van der Waals surface area contributed by atoms with E-state index >= 15 is 0 Å². The molecular weight excluding hydrogens is 316 g/mol. The van der Waals surface area contributed by atoms with Crippen LogP contribution < -0.4 is 15.4 Å². The number of para-hydroxylation sites is 1. The lowest BCUT2D eigenvalue weighted by molar-refractivity contribution is 0.224. The summed E-state index contributed by atoms with van der Waals surface area (Å²) in [5, 5.41) is 5.84. The predicted octanol–water partition coefficient (Wildman–Crippen LogP) is 1.51. The van der Waals surface area contributed by atoms with Crippen LogP contribution in [0.1, 0.15) is 18.0 Å². The molecule has 1 aromatic rings. The second-order valence-electron chi connectivity index (χ2n) is 4.88. The van der Waals surface area contributed by atoms with Crippen LogP contribution in [0, 0.1) is 0 Å². The van der Waals surface area contributed by atoms with E-state index < -0.39 is 15.9 Å². The third-order valence-electron chi connectivity index (χ3n) is 3.09. The number of amides is 2. The second kappa shape index (κ2) is 6.53. The smallest absolute Gasteiger partial charge is 0.315 e. The Kier molecular flexibility index (Phi) is 4.95. The molecule has 0 bridgehead atoms. The van der Waals surface area contributed by atoms with Gasteiger partial charge in [0.1, 0.15) is 15.6 Å². The molecule has 1 heterocycles. The molecule has 2 rings (SSSR count). The summed E-state index contributed by atoms with van der Waals surface area (Å²) in [7, 11) is -3.09. The number of hydrogen-bond acceptors (Lipinski definition) is 4. The largest absolute Gasteiger partial charge is 0.492 e. The highest BCUT2D eigenvalue weighted by molar-refractivity contribution is 7.90. The van der Waals surface area contributed by atoms with Gasteiger partial charge in [-0.15, -0.1) is 0 Å². The van der Waals surface area contributed by atoms with Crippen molar-refractivity contribution in [3.63, 3.8) is 0 Å². The van der Waals surface area contributed by atoms with Gasteiger partial charge >= 0.3 is 6.03 Å². The van der Waals surface area contributed by atoms with Crippen LogP contribution in [-0.4, -0.2) is 39.6 Å².